The monoisotopic (exact) mass is 474 g/mol. The Morgan fingerprint density at radius 2 is 2.08 bits per heavy atom. The minimum absolute atomic E-state index is 0. The molecule has 1 saturated heterocycles. The summed E-state index contributed by atoms with van der Waals surface area (Å²) in [7, 11) is 0.634. The number of hydrogen-bond donors (Lipinski definition) is 4. The molecule has 142 valence electrons. The first-order valence-corrected chi connectivity index (χ1v) is 9.85. The van der Waals surface area contributed by atoms with Gasteiger partial charge in [0.2, 0.25) is 0 Å². The number of amides is 2. The van der Waals surface area contributed by atoms with Gasteiger partial charge in [-0.15, -0.1) is 28.7 Å². The van der Waals surface area contributed by atoms with Crippen LogP contribution in [-0.2, 0) is 15.7 Å². The topological polar surface area (TPSA) is 111 Å². The zero-order valence-electron chi connectivity index (χ0n) is 13.7. The normalized spacial score (nSPS) is 23.8. The molecule has 0 bridgehead atoms. The molecule has 4 N–H and O–H groups in total. The third kappa shape index (κ3) is 4.41. The predicted octanol–water partition coefficient (Wildman–Crippen LogP) is 0.862. The highest BCUT2D eigenvalue weighted by molar-refractivity contribution is 8.93. The van der Waals surface area contributed by atoms with E-state index >= 15 is 0 Å². The van der Waals surface area contributed by atoms with Crippen molar-refractivity contribution in [3.8, 4) is 0 Å². The van der Waals surface area contributed by atoms with Gasteiger partial charge in [-0.25, -0.2) is 22.8 Å². The molecule has 2 unspecified atom stereocenters. The average molecular weight is 476 g/mol. The maximum absolute atomic E-state index is 12.3. The number of aliphatic hydroxyl groups is 1. The van der Waals surface area contributed by atoms with Crippen LogP contribution in [0.4, 0.5) is 4.79 Å². The molecular weight excluding hydrogens is 456 g/mol. The summed E-state index contributed by atoms with van der Waals surface area (Å²) in [4.78, 5) is 12.8. The molecule has 2 amide bonds. The van der Waals surface area contributed by atoms with Gasteiger partial charge < -0.3 is 10.4 Å². The number of thioether (sulfide) groups is 1. The number of benzene rings is 1. The van der Waals surface area contributed by atoms with Crippen molar-refractivity contribution in [3.63, 3.8) is 0 Å². The second kappa shape index (κ2) is 8.42. The second-order valence-electron chi connectivity index (χ2n) is 5.21. The van der Waals surface area contributed by atoms with Gasteiger partial charge in [-0.1, -0.05) is 17.7 Å². The van der Waals surface area contributed by atoms with Gasteiger partial charge in [0, 0.05) is 18.4 Å². The van der Waals surface area contributed by atoms with Crippen molar-refractivity contribution in [3.05, 3.63) is 28.8 Å². The first kappa shape index (κ1) is 22.5. The summed E-state index contributed by atoms with van der Waals surface area (Å²) in [6.45, 7) is 0. The lowest BCUT2D eigenvalue weighted by atomic mass is 10.0. The van der Waals surface area contributed by atoms with Crippen LogP contribution in [0.2, 0.25) is 5.02 Å². The van der Waals surface area contributed by atoms with Gasteiger partial charge >= 0.3 is 6.03 Å². The summed E-state index contributed by atoms with van der Waals surface area (Å²) in [5.41, 5.74) is -1.10. The minimum Gasteiger partial charge on any atom is -0.370 e. The largest absolute Gasteiger partial charge is 0.370 e. The highest BCUT2D eigenvalue weighted by atomic mass is 79.9. The molecule has 1 aliphatic heterocycles. The van der Waals surface area contributed by atoms with Crippen LogP contribution in [0.3, 0.4) is 0 Å². The molecule has 0 aromatic heterocycles. The molecule has 1 aromatic rings. The van der Waals surface area contributed by atoms with Gasteiger partial charge in [0.1, 0.15) is 10.4 Å². The molecule has 0 radical (unpaired) electrons. The summed E-state index contributed by atoms with van der Waals surface area (Å²) in [5.74, 6) is 0.346. The first-order valence-electron chi connectivity index (χ1n) is 6.94. The number of sulfonamides is 1. The number of carbonyl (C=O) groups excluding carboxylic acids is 1. The van der Waals surface area contributed by atoms with E-state index < -0.39 is 21.8 Å². The molecule has 8 nitrogen and oxygen atoms in total. The molecule has 2 rings (SSSR count). The highest BCUT2D eigenvalue weighted by Gasteiger charge is 2.44. The molecule has 12 heteroatoms. The smallest absolute Gasteiger partial charge is 0.328 e. The van der Waals surface area contributed by atoms with Gasteiger partial charge in [-0.3, -0.25) is 5.32 Å². The molecule has 0 spiro atoms. The van der Waals surface area contributed by atoms with E-state index in [-0.39, 0.29) is 32.4 Å². The fraction of sp³-hybridized carbons (Fsp3) is 0.462. The zero-order chi connectivity index (χ0) is 18.1. The van der Waals surface area contributed by atoms with Gasteiger partial charge in [0.05, 0.1) is 5.02 Å². The Morgan fingerprint density at radius 1 is 1.44 bits per heavy atom. The number of rotatable bonds is 4. The van der Waals surface area contributed by atoms with Crippen LogP contribution in [0.5, 0.6) is 0 Å². The average Bonchev–Trinajstić information content (AvgIpc) is 2.83. The lowest BCUT2D eigenvalue weighted by Crippen LogP contribution is -2.47. The maximum Gasteiger partial charge on any atom is 0.328 e. The Labute approximate surface area is 166 Å². The van der Waals surface area contributed by atoms with Crippen molar-refractivity contribution in [2.75, 3.05) is 26.9 Å². The summed E-state index contributed by atoms with van der Waals surface area (Å²) < 4.78 is 26.5. The standard InChI is InChI=1S/C13H19ClN4O4S2.BrH/c1-15-11(19)17-24(21,22)10-6-8(4-5-9(10)14)13(20)7-23-12(16-2)18(13)3;/h4-6,12,16,20H,7H2,1-3H3,(H2,15,17,19);1H. The van der Waals surface area contributed by atoms with Crippen LogP contribution in [0, 0.1) is 0 Å². The van der Waals surface area contributed by atoms with Crippen molar-refractivity contribution < 1.29 is 18.3 Å². The van der Waals surface area contributed by atoms with E-state index in [1.165, 1.54) is 30.9 Å². The van der Waals surface area contributed by atoms with Gasteiger partial charge in [0.25, 0.3) is 10.0 Å². The number of carbonyl (C=O) groups is 1. The van der Waals surface area contributed by atoms with E-state index in [9.17, 15) is 18.3 Å². The fourth-order valence-electron chi connectivity index (χ4n) is 2.35. The van der Waals surface area contributed by atoms with Crippen LogP contribution in [-0.4, -0.2) is 56.8 Å². The summed E-state index contributed by atoms with van der Waals surface area (Å²) in [6, 6.07) is 3.36. The van der Waals surface area contributed by atoms with Crippen LogP contribution < -0.4 is 15.4 Å². The summed E-state index contributed by atoms with van der Waals surface area (Å²) >= 11 is 7.47. The highest BCUT2D eigenvalue weighted by Crippen LogP contribution is 2.40. The van der Waals surface area contributed by atoms with Gasteiger partial charge in [0.15, 0.2) is 5.72 Å². The number of nitrogens with one attached hydrogen (secondary N) is 3. The van der Waals surface area contributed by atoms with Crippen molar-refractivity contribution >= 4 is 56.4 Å². The second-order valence-corrected chi connectivity index (χ2v) is 8.34. The molecule has 0 saturated carbocycles. The van der Waals surface area contributed by atoms with Crippen LogP contribution >= 0.6 is 40.3 Å². The van der Waals surface area contributed by atoms with Crippen LogP contribution in [0.15, 0.2) is 23.1 Å². The van der Waals surface area contributed by atoms with Crippen molar-refractivity contribution in [1.29, 1.82) is 0 Å². The predicted molar refractivity (Wildman–Crippen MR) is 104 cm³/mol. The molecule has 1 aromatic carbocycles. The lowest BCUT2D eigenvalue weighted by Gasteiger charge is -2.33. The molecule has 0 aliphatic carbocycles. The number of hydrogen-bond acceptors (Lipinski definition) is 7. The molecule has 1 fully saturated rings. The van der Waals surface area contributed by atoms with Crippen LogP contribution in [0.25, 0.3) is 0 Å². The van der Waals surface area contributed by atoms with Crippen molar-refractivity contribution in [1.82, 2.24) is 20.3 Å². The molecule has 2 atom stereocenters. The quantitative estimate of drug-likeness (QED) is 0.511. The SMILES string of the molecule is Br.CNC(=O)NS(=O)(=O)c1cc(C2(O)CSC(NC)N2C)ccc1Cl. The van der Waals surface area contributed by atoms with E-state index in [2.05, 4.69) is 10.6 Å². The van der Waals surface area contributed by atoms with Crippen molar-refractivity contribution in [2.24, 2.45) is 0 Å². The Morgan fingerprint density at radius 3 is 2.60 bits per heavy atom. The maximum atomic E-state index is 12.3. The number of halogens is 2. The Hall–Kier alpha value is -0.560. The van der Waals surface area contributed by atoms with E-state index in [0.29, 0.717) is 11.3 Å². The van der Waals surface area contributed by atoms with E-state index in [4.69, 9.17) is 11.6 Å². The van der Waals surface area contributed by atoms with E-state index in [0.717, 1.165) is 0 Å². The minimum atomic E-state index is -4.16. The zero-order valence-corrected chi connectivity index (χ0v) is 17.8. The Kier molecular flexibility index (Phi) is 7.57. The van der Waals surface area contributed by atoms with E-state index in [1.54, 1.807) is 25.1 Å². The number of urea groups is 1. The third-order valence-corrected chi connectivity index (χ3v) is 7.01. The van der Waals surface area contributed by atoms with Crippen molar-refractivity contribution in [2.45, 2.75) is 16.1 Å². The van der Waals surface area contributed by atoms with Gasteiger partial charge in [-0.05, 0) is 26.2 Å². The number of nitrogens with zero attached hydrogens (tertiary/aromatic N) is 1. The lowest BCUT2D eigenvalue weighted by molar-refractivity contribution is -0.0803. The Bertz CT molecular complexity index is 752. The fourth-order valence-corrected chi connectivity index (χ4v) is 5.16. The molecular formula is C13H20BrClN4O4S2. The first-order chi connectivity index (χ1) is 11.2. The Balaban J connectivity index is 0.00000312. The van der Waals surface area contributed by atoms with E-state index in [1.807, 2.05) is 4.72 Å². The molecule has 1 aliphatic rings. The summed E-state index contributed by atoms with van der Waals surface area (Å²) in [6.07, 6.45) is 0. The molecule has 1 heterocycles. The third-order valence-electron chi connectivity index (χ3n) is 3.76. The van der Waals surface area contributed by atoms with Crippen LogP contribution in [0.1, 0.15) is 5.56 Å². The summed E-state index contributed by atoms with van der Waals surface area (Å²) in [5, 5.41) is 16.1. The molecule has 25 heavy (non-hydrogen) atoms. The van der Waals surface area contributed by atoms with Gasteiger partial charge in [-0.2, -0.15) is 0 Å².